The minimum atomic E-state index is 0.165. The smallest absolute Gasteiger partial charge is 0.224 e. The first-order chi connectivity index (χ1) is 7.77. The molecule has 1 fully saturated rings. The van der Waals surface area contributed by atoms with Crippen LogP contribution in [0.4, 0.5) is 0 Å². The second kappa shape index (κ2) is 7.53. The summed E-state index contributed by atoms with van der Waals surface area (Å²) in [5.41, 5.74) is 0. The van der Waals surface area contributed by atoms with Crippen LogP contribution in [0, 0.1) is 11.3 Å². The van der Waals surface area contributed by atoms with Gasteiger partial charge in [-0.25, -0.2) is 0 Å². The van der Waals surface area contributed by atoms with Crippen molar-refractivity contribution in [2.24, 2.45) is 0 Å². The zero-order valence-corrected chi connectivity index (χ0v) is 10.6. The highest BCUT2D eigenvalue weighted by atomic mass is 32.2. The third-order valence-corrected chi connectivity index (χ3v) is 3.78. The van der Waals surface area contributed by atoms with Crippen LogP contribution in [0.15, 0.2) is 0 Å². The van der Waals surface area contributed by atoms with Crippen LogP contribution < -0.4 is 5.32 Å². The highest BCUT2D eigenvalue weighted by Crippen LogP contribution is 2.11. The van der Waals surface area contributed by atoms with Gasteiger partial charge in [0.05, 0.1) is 12.5 Å². The summed E-state index contributed by atoms with van der Waals surface area (Å²) in [5.74, 6) is 2.32. The number of carbonyl (C=O) groups excluding carboxylic acids is 1. The van der Waals surface area contributed by atoms with E-state index in [1.165, 1.54) is 0 Å². The summed E-state index contributed by atoms with van der Waals surface area (Å²) >= 11 is 1.90. The van der Waals surface area contributed by atoms with Crippen LogP contribution in [0.1, 0.15) is 19.8 Å². The van der Waals surface area contributed by atoms with Gasteiger partial charge in [-0.1, -0.05) is 0 Å². The van der Waals surface area contributed by atoms with Gasteiger partial charge in [0, 0.05) is 43.6 Å². The molecule has 0 radical (unpaired) electrons. The van der Waals surface area contributed by atoms with E-state index >= 15 is 0 Å². The van der Waals surface area contributed by atoms with Crippen molar-refractivity contribution in [3.8, 4) is 6.07 Å². The number of hydrogen-bond acceptors (Lipinski definition) is 4. The van der Waals surface area contributed by atoms with Crippen LogP contribution in [0.25, 0.3) is 0 Å². The summed E-state index contributed by atoms with van der Waals surface area (Å²) in [6.07, 6.45) is 0.985. The number of nitrogens with zero attached hydrogens (tertiary/aromatic N) is 2. The van der Waals surface area contributed by atoms with Gasteiger partial charge in [-0.15, -0.1) is 0 Å². The summed E-state index contributed by atoms with van der Waals surface area (Å²) in [6, 6.07) is 2.39. The first-order valence-electron chi connectivity index (χ1n) is 5.73. The van der Waals surface area contributed by atoms with Crippen molar-refractivity contribution in [2.75, 3.05) is 31.1 Å². The van der Waals surface area contributed by atoms with E-state index in [-0.39, 0.29) is 5.91 Å². The minimum absolute atomic E-state index is 0.165. The molecule has 1 rings (SSSR count). The molecular formula is C11H19N3OS. The van der Waals surface area contributed by atoms with Gasteiger partial charge in [0.15, 0.2) is 0 Å². The van der Waals surface area contributed by atoms with E-state index in [4.69, 9.17) is 5.26 Å². The Morgan fingerprint density at radius 3 is 3.06 bits per heavy atom. The average molecular weight is 241 g/mol. The fourth-order valence-electron chi connectivity index (χ4n) is 1.73. The molecule has 4 nitrogen and oxygen atoms in total. The molecule has 1 unspecified atom stereocenters. The Kier molecular flexibility index (Phi) is 6.27. The average Bonchev–Trinajstić information content (AvgIpc) is 2.31. The number of rotatable bonds is 5. The zero-order valence-electron chi connectivity index (χ0n) is 9.74. The van der Waals surface area contributed by atoms with E-state index in [2.05, 4.69) is 11.4 Å². The van der Waals surface area contributed by atoms with Crippen LogP contribution in [-0.2, 0) is 4.79 Å². The fourth-order valence-corrected chi connectivity index (χ4v) is 2.68. The van der Waals surface area contributed by atoms with Crippen LogP contribution in [-0.4, -0.2) is 48.0 Å². The Morgan fingerprint density at radius 2 is 2.50 bits per heavy atom. The molecule has 5 heteroatoms. The number of nitrogens with one attached hydrogen (secondary N) is 1. The Morgan fingerprint density at radius 1 is 1.69 bits per heavy atom. The maximum absolute atomic E-state index is 11.9. The van der Waals surface area contributed by atoms with Crippen molar-refractivity contribution in [2.45, 2.75) is 25.8 Å². The molecule has 1 N–H and O–H groups in total. The Hall–Kier alpha value is -0.730. The van der Waals surface area contributed by atoms with Gasteiger partial charge in [-0.2, -0.15) is 17.0 Å². The lowest BCUT2D eigenvalue weighted by molar-refractivity contribution is -0.131. The Labute approximate surface area is 101 Å². The largest absolute Gasteiger partial charge is 0.342 e. The Balaban J connectivity index is 2.33. The highest BCUT2D eigenvalue weighted by Gasteiger charge is 2.19. The molecule has 0 aliphatic carbocycles. The van der Waals surface area contributed by atoms with Gasteiger partial charge in [0.1, 0.15) is 0 Å². The Bertz CT molecular complexity index is 258. The number of carbonyl (C=O) groups is 1. The first-order valence-corrected chi connectivity index (χ1v) is 6.89. The van der Waals surface area contributed by atoms with E-state index in [0.29, 0.717) is 32.0 Å². The number of nitriles is 1. The quantitative estimate of drug-likeness (QED) is 0.775. The van der Waals surface area contributed by atoms with Crippen molar-refractivity contribution in [1.82, 2.24) is 10.2 Å². The van der Waals surface area contributed by atoms with Crippen LogP contribution in [0.3, 0.4) is 0 Å². The summed E-state index contributed by atoms with van der Waals surface area (Å²) < 4.78 is 0. The second-order valence-electron chi connectivity index (χ2n) is 3.81. The van der Waals surface area contributed by atoms with E-state index < -0.39 is 0 Å². The molecule has 0 spiro atoms. The lowest BCUT2D eigenvalue weighted by Gasteiger charge is -2.26. The van der Waals surface area contributed by atoms with E-state index in [1.54, 1.807) is 4.90 Å². The van der Waals surface area contributed by atoms with Gasteiger partial charge in [0.2, 0.25) is 5.91 Å². The van der Waals surface area contributed by atoms with Gasteiger partial charge < -0.3 is 10.2 Å². The van der Waals surface area contributed by atoms with Crippen molar-refractivity contribution >= 4 is 17.7 Å². The molecule has 0 aromatic carbocycles. The highest BCUT2D eigenvalue weighted by molar-refractivity contribution is 7.99. The molecule has 1 aliphatic heterocycles. The SMILES string of the molecule is CCN(CCC#N)C(=O)CC1CSCCN1. The van der Waals surface area contributed by atoms with Gasteiger partial charge in [-0.05, 0) is 6.92 Å². The predicted molar refractivity (Wildman–Crippen MR) is 66.2 cm³/mol. The van der Waals surface area contributed by atoms with Gasteiger partial charge in [-0.3, -0.25) is 4.79 Å². The van der Waals surface area contributed by atoms with Crippen LogP contribution in [0.2, 0.25) is 0 Å². The minimum Gasteiger partial charge on any atom is -0.342 e. The molecule has 0 aromatic rings. The maximum Gasteiger partial charge on any atom is 0.224 e. The fraction of sp³-hybridized carbons (Fsp3) is 0.818. The van der Waals surface area contributed by atoms with E-state index in [0.717, 1.165) is 18.1 Å². The standard InChI is InChI=1S/C11H19N3OS/c1-2-14(6-3-4-12)11(15)8-10-9-16-7-5-13-10/h10,13H,2-3,5-9H2,1H3. The summed E-state index contributed by atoms with van der Waals surface area (Å²) in [7, 11) is 0. The zero-order chi connectivity index (χ0) is 11.8. The van der Waals surface area contributed by atoms with Crippen molar-refractivity contribution < 1.29 is 4.79 Å². The number of hydrogen-bond donors (Lipinski definition) is 1. The topological polar surface area (TPSA) is 56.1 Å². The van der Waals surface area contributed by atoms with Crippen LogP contribution in [0.5, 0.6) is 0 Å². The molecule has 0 aromatic heterocycles. The maximum atomic E-state index is 11.9. The monoisotopic (exact) mass is 241 g/mol. The normalized spacial score (nSPS) is 20.1. The van der Waals surface area contributed by atoms with Crippen molar-refractivity contribution in [3.63, 3.8) is 0 Å². The molecule has 1 aliphatic rings. The lowest BCUT2D eigenvalue weighted by atomic mass is 10.2. The molecule has 90 valence electrons. The van der Waals surface area contributed by atoms with Crippen LogP contribution >= 0.6 is 11.8 Å². The summed E-state index contributed by atoms with van der Waals surface area (Å²) in [6.45, 7) is 4.21. The second-order valence-corrected chi connectivity index (χ2v) is 4.96. The predicted octanol–water partition coefficient (Wildman–Crippen LogP) is 0.844. The molecule has 16 heavy (non-hydrogen) atoms. The molecule has 0 saturated carbocycles. The summed E-state index contributed by atoms with van der Waals surface area (Å²) in [4.78, 5) is 13.7. The van der Waals surface area contributed by atoms with Crippen molar-refractivity contribution in [1.29, 1.82) is 5.26 Å². The molecule has 1 amide bonds. The molecule has 1 atom stereocenters. The van der Waals surface area contributed by atoms with Gasteiger partial charge >= 0.3 is 0 Å². The third-order valence-electron chi connectivity index (χ3n) is 2.65. The van der Waals surface area contributed by atoms with Gasteiger partial charge in [0.25, 0.3) is 0 Å². The molecule has 0 bridgehead atoms. The molecule has 1 saturated heterocycles. The third kappa shape index (κ3) is 4.42. The first kappa shape index (κ1) is 13.3. The van der Waals surface area contributed by atoms with E-state index in [1.807, 2.05) is 18.7 Å². The lowest BCUT2D eigenvalue weighted by Crippen LogP contribution is -2.42. The van der Waals surface area contributed by atoms with E-state index in [9.17, 15) is 4.79 Å². The summed E-state index contributed by atoms with van der Waals surface area (Å²) in [5, 5.41) is 11.9. The number of amides is 1. The molecular weight excluding hydrogens is 222 g/mol. The molecule has 1 heterocycles. The van der Waals surface area contributed by atoms with Crippen molar-refractivity contribution in [3.05, 3.63) is 0 Å². The number of thioether (sulfide) groups is 1.